The maximum absolute atomic E-state index is 12.3. The molecular formula is C27H28ClNO3. The molecule has 0 fully saturated rings. The molecule has 0 saturated heterocycles. The van der Waals surface area contributed by atoms with Gasteiger partial charge < -0.3 is 15.2 Å². The molecule has 0 bridgehead atoms. The lowest BCUT2D eigenvalue weighted by Gasteiger charge is -2.24. The Balaban J connectivity index is 1.29. The summed E-state index contributed by atoms with van der Waals surface area (Å²) in [6.07, 6.45) is 2.79. The minimum Gasteiger partial charge on any atom is -0.487 e. The standard InChI is InChI=1S/C27H28ClNO3/c1-27(15-20-6-10-24(28)11-7-20)16-23-14-19(8-12-25(23)32-27)9-13-26(31)29-17-21-2-4-22(18-30)5-3-21/h2-8,10-12,14,30H,9,13,15-18H2,1H3,(H,29,31). The third-order valence-electron chi connectivity index (χ3n) is 5.87. The molecule has 1 atom stereocenters. The molecule has 1 unspecified atom stereocenters. The summed E-state index contributed by atoms with van der Waals surface area (Å²) < 4.78 is 6.29. The number of amides is 1. The molecule has 32 heavy (non-hydrogen) atoms. The summed E-state index contributed by atoms with van der Waals surface area (Å²) in [6, 6.07) is 21.8. The number of ether oxygens (including phenoxy) is 1. The third kappa shape index (κ3) is 5.70. The summed E-state index contributed by atoms with van der Waals surface area (Å²) >= 11 is 6.00. The van der Waals surface area contributed by atoms with E-state index in [0.29, 0.717) is 19.4 Å². The summed E-state index contributed by atoms with van der Waals surface area (Å²) in [5.41, 5.74) is 5.15. The van der Waals surface area contributed by atoms with Crippen LogP contribution in [0.5, 0.6) is 5.75 Å². The quantitative estimate of drug-likeness (QED) is 0.507. The smallest absolute Gasteiger partial charge is 0.220 e. The Labute approximate surface area is 194 Å². The summed E-state index contributed by atoms with van der Waals surface area (Å²) in [5.74, 6) is 0.960. The van der Waals surface area contributed by atoms with Crippen LogP contribution in [0, 0.1) is 0 Å². The zero-order valence-electron chi connectivity index (χ0n) is 18.2. The fourth-order valence-electron chi connectivity index (χ4n) is 4.17. The number of aliphatic hydroxyl groups excluding tert-OH is 1. The first-order chi connectivity index (χ1) is 15.4. The van der Waals surface area contributed by atoms with Gasteiger partial charge in [0.15, 0.2) is 0 Å². The third-order valence-corrected chi connectivity index (χ3v) is 6.12. The number of nitrogens with one attached hydrogen (secondary N) is 1. The number of fused-ring (bicyclic) bond motifs is 1. The summed E-state index contributed by atoms with van der Waals surface area (Å²) in [4.78, 5) is 12.3. The largest absolute Gasteiger partial charge is 0.487 e. The van der Waals surface area contributed by atoms with Crippen molar-refractivity contribution in [2.24, 2.45) is 0 Å². The van der Waals surface area contributed by atoms with E-state index in [1.807, 2.05) is 60.7 Å². The molecule has 1 aliphatic heterocycles. The van der Waals surface area contributed by atoms with Crippen LogP contribution in [0.3, 0.4) is 0 Å². The molecule has 166 valence electrons. The minimum absolute atomic E-state index is 0.0265. The SMILES string of the molecule is CC1(Cc2ccc(Cl)cc2)Cc2cc(CCC(=O)NCc3ccc(CO)cc3)ccc2O1. The van der Waals surface area contributed by atoms with Crippen LogP contribution in [-0.4, -0.2) is 16.6 Å². The highest BCUT2D eigenvalue weighted by atomic mass is 35.5. The number of aliphatic hydroxyl groups is 1. The minimum atomic E-state index is -0.280. The number of hydrogen-bond donors (Lipinski definition) is 2. The first kappa shape index (κ1) is 22.4. The van der Waals surface area contributed by atoms with E-state index >= 15 is 0 Å². The van der Waals surface area contributed by atoms with Crippen molar-refractivity contribution in [3.8, 4) is 5.75 Å². The van der Waals surface area contributed by atoms with Crippen LogP contribution >= 0.6 is 11.6 Å². The molecule has 3 aromatic rings. The van der Waals surface area contributed by atoms with Crippen molar-refractivity contribution in [1.29, 1.82) is 0 Å². The fourth-order valence-corrected chi connectivity index (χ4v) is 4.30. The number of halogens is 1. The van der Waals surface area contributed by atoms with E-state index in [1.165, 1.54) is 11.1 Å². The van der Waals surface area contributed by atoms with E-state index in [-0.39, 0.29) is 18.1 Å². The maximum Gasteiger partial charge on any atom is 0.220 e. The lowest BCUT2D eigenvalue weighted by Crippen LogP contribution is -2.32. The van der Waals surface area contributed by atoms with E-state index in [2.05, 4.69) is 18.3 Å². The highest BCUT2D eigenvalue weighted by Gasteiger charge is 2.35. The van der Waals surface area contributed by atoms with E-state index in [9.17, 15) is 4.79 Å². The Bertz CT molecular complexity index is 1080. The maximum atomic E-state index is 12.3. The van der Waals surface area contributed by atoms with Gasteiger partial charge in [-0.15, -0.1) is 0 Å². The van der Waals surface area contributed by atoms with Gasteiger partial charge in [0, 0.05) is 30.8 Å². The van der Waals surface area contributed by atoms with Crippen molar-refractivity contribution >= 4 is 17.5 Å². The van der Waals surface area contributed by atoms with Gasteiger partial charge in [-0.1, -0.05) is 60.1 Å². The van der Waals surface area contributed by atoms with E-state index in [1.54, 1.807) is 0 Å². The van der Waals surface area contributed by atoms with Gasteiger partial charge in [0.25, 0.3) is 0 Å². The van der Waals surface area contributed by atoms with Crippen molar-refractivity contribution in [3.63, 3.8) is 0 Å². The van der Waals surface area contributed by atoms with Crippen molar-refractivity contribution in [2.75, 3.05) is 0 Å². The van der Waals surface area contributed by atoms with Crippen LogP contribution in [0.2, 0.25) is 5.02 Å². The lowest BCUT2D eigenvalue weighted by molar-refractivity contribution is -0.121. The molecule has 0 radical (unpaired) electrons. The van der Waals surface area contributed by atoms with E-state index < -0.39 is 0 Å². The monoisotopic (exact) mass is 449 g/mol. The molecule has 5 heteroatoms. The molecule has 1 aliphatic rings. The summed E-state index contributed by atoms with van der Waals surface area (Å²) in [7, 11) is 0. The van der Waals surface area contributed by atoms with Crippen LogP contribution in [0.15, 0.2) is 66.7 Å². The molecule has 0 saturated carbocycles. The first-order valence-electron chi connectivity index (χ1n) is 10.9. The highest BCUT2D eigenvalue weighted by molar-refractivity contribution is 6.30. The predicted molar refractivity (Wildman–Crippen MR) is 127 cm³/mol. The van der Waals surface area contributed by atoms with Gasteiger partial charge in [-0.2, -0.15) is 0 Å². The predicted octanol–water partition coefficient (Wildman–Crippen LogP) is 5.02. The van der Waals surface area contributed by atoms with Crippen molar-refractivity contribution in [2.45, 2.75) is 51.4 Å². The van der Waals surface area contributed by atoms with Gasteiger partial charge >= 0.3 is 0 Å². The molecule has 1 amide bonds. The summed E-state index contributed by atoms with van der Waals surface area (Å²) in [6.45, 7) is 2.66. The topological polar surface area (TPSA) is 58.6 Å². The number of benzene rings is 3. The van der Waals surface area contributed by atoms with Crippen molar-refractivity contribution in [1.82, 2.24) is 5.32 Å². The lowest BCUT2D eigenvalue weighted by atomic mass is 9.91. The molecular weight excluding hydrogens is 422 g/mol. The Morgan fingerprint density at radius 3 is 2.38 bits per heavy atom. The average Bonchev–Trinajstić information content (AvgIpc) is 3.13. The summed E-state index contributed by atoms with van der Waals surface area (Å²) in [5, 5.41) is 12.8. The molecule has 1 heterocycles. The van der Waals surface area contributed by atoms with Crippen LogP contribution in [0.4, 0.5) is 0 Å². The van der Waals surface area contributed by atoms with Crippen LogP contribution < -0.4 is 10.1 Å². The van der Waals surface area contributed by atoms with Gasteiger partial charge in [-0.25, -0.2) is 0 Å². The van der Waals surface area contributed by atoms with Crippen LogP contribution in [-0.2, 0) is 37.2 Å². The molecule has 2 N–H and O–H groups in total. The van der Waals surface area contributed by atoms with Crippen LogP contribution in [0.1, 0.15) is 41.2 Å². The second kappa shape index (κ2) is 9.76. The average molecular weight is 450 g/mol. The number of hydrogen-bond acceptors (Lipinski definition) is 3. The molecule has 0 aliphatic carbocycles. The van der Waals surface area contributed by atoms with Gasteiger partial charge in [0.05, 0.1) is 6.61 Å². The van der Waals surface area contributed by atoms with Gasteiger partial charge in [0.1, 0.15) is 11.4 Å². The van der Waals surface area contributed by atoms with Crippen LogP contribution in [0.25, 0.3) is 0 Å². The second-order valence-electron chi connectivity index (χ2n) is 8.73. The number of aryl methyl sites for hydroxylation is 1. The van der Waals surface area contributed by atoms with Gasteiger partial charge in [-0.3, -0.25) is 4.79 Å². The second-order valence-corrected chi connectivity index (χ2v) is 9.16. The highest BCUT2D eigenvalue weighted by Crippen LogP contribution is 2.37. The molecule has 0 aromatic heterocycles. The number of rotatable bonds is 8. The molecule has 4 nitrogen and oxygen atoms in total. The Hall–Kier alpha value is -2.82. The Morgan fingerprint density at radius 1 is 1.00 bits per heavy atom. The normalized spacial score (nSPS) is 17.0. The van der Waals surface area contributed by atoms with Gasteiger partial charge in [0.2, 0.25) is 5.91 Å². The fraction of sp³-hybridized carbons (Fsp3) is 0.296. The first-order valence-corrected chi connectivity index (χ1v) is 11.3. The molecule has 3 aromatic carbocycles. The van der Waals surface area contributed by atoms with E-state index in [4.69, 9.17) is 21.4 Å². The van der Waals surface area contributed by atoms with Crippen molar-refractivity contribution in [3.05, 3.63) is 99.6 Å². The number of carbonyl (C=O) groups is 1. The Kier molecular flexibility index (Phi) is 6.83. The van der Waals surface area contributed by atoms with Gasteiger partial charge in [-0.05, 0) is 59.4 Å². The Morgan fingerprint density at radius 2 is 1.66 bits per heavy atom. The molecule has 4 rings (SSSR count). The number of carbonyl (C=O) groups excluding carboxylic acids is 1. The van der Waals surface area contributed by atoms with Crippen molar-refractivity contribution < 1.29 is 14.6 Å². The zero-order valence-corrected chi connectivity index (χ0v) is 19.0. The van der Waals surface area contributed by atoms with E-state index in [0.717, 1.165) is 40.3 Å². The zero-order chi connectivity index (χ0) is 22.6. The molecule has 0 spiro atoms.